The minimum Gasteiger partial charge on any atom is -0.481 e. The molecule has 0 aliphatic carbocycles. The minimum atomic E-state index is -0.798. The molecule has 0 spiro atoms. The smallest absolute Gasteiger partial charge is 0.304 e. The summed E-state index contributed by atoms with van der Waals surface area (Å²) < 4.78 is 4.14. The molecule has 110 valence electrons. The Labute approximate surface area is 125 Å². The zero-order valence-corrected chi connectivity index (χ0v) is 12.7. The van der Waals surface area contributed by atoms with Crippen molar-refractivity contribution in [2.45, 2.75) is 31.5 Å². The van der Waals surface area contributed by atoms with Gasteiger partial charge >= 0.3 is 5.97 Å². The van der Waals surface area contributed by atoms with Crippen molar-refractivity contribution in [2.75, 3.05) is 5.75 Å². The summed E-state index contributed by atoms with van der Waals surface area (Å²) in [5.74, 6) is 0.481. The van der Waals surface area contributed by atoms with Crippen molar-refractivity contribution in [3.05, 3.63) is 24.3 Å². The molecule has 0 radical (unpaired) electrons. The lowest BCUT2D eigenvalue weighted by Crippen LogP contribution is -2.00. The highest BCUT2D eigenvalue weighted by Crippen LogP contribution is 2.28. The van der Waals surface area contributed by atoms with Crippen molar-refractivity contribution in [2.24, 2.45) is 0 Å². The molecular formula is C14H16N4O2S. The first-order chi connectivity index (χ1) is 10.1. The van der Waals surface area contributed by atoms with Gasteiger partial charge in [-0.15, -0.1) is 10.2 Å². The molecule has 21 heavy (non-hydrogen) atoms. The third kappa shape index (κ3) is 2.37. The zero-order valence-electron chi connectivity index (χ0n) is 11.9. The second kappa shape index (κ2) is 5.40. The molecule has 0 aliphatic heterocycles. The molecule has 1 aromatic carbocycles. The molecule has 2 heterocycles. The summed E-state index contributed by atoms with van der Waals surface area (Å²) in [7, 11) is 0. The van der Waals surface area contributed by atoms with E-state index in [1.54, 1.807) is 0 Å². The number of imidazole rings is 1. The van der Waals surface area contributed by atoms with E-state index < -0.39 is 5.97 Å². The number of benzene rings is 1. The van der Waals surface area contributed by atoms with Crippen molar-refractivity contribution < 1.29 is 9.90 Å². The molecule has 0 bridgehead atoms. The summed E-state index contributed by atoms with van der Waals surface area (Å²) in [4.78, 5) is 10.6. The van der Waals surface area contributed by atoms with E-state index in [0.717, 1.165) is 22.0 Å². The van der Waals surface area contributed by atoms with Crippen molar-refractivity contribution in [3.8, 4) is 0 Å². The lowest BCUT2D eigenvalue weighted by Gasteiger charge is -2.07. The topological polar surface area (TPSA) is 72.4 Å². The lowest BCUT2D eigenvalue weighted by molar-refractivity contribution is -0.136. The van der Waals surface area contributed by atoms with Crippen LogP contribution in [0.5, 0.6) is 0 Å². The largest absolute Gasteiger partial charge is 0.481 e. The fraction of sp³-hybridized carbons (Fsp3) is 0.357. The van der Waals surface area contributed by atoms with E-state index in [-0.39, 0.29) is 12.5 Å². The van der Waals surface area contributed by atoms with Crippen molar-refractivity contribution in [3.63, 3.8) is 0 Å². The molecular weight excluding hydrogens is 288 g/mol. The highest BCUT2D eigenvalue weighted by atomic mass is 32.2. The molecule has 1 N–H and O–H groups in total. The first-order valence-electron chi connectivity index (χ1n) is 6.78. The molecule has 0 saturated carbocycles. The van der Waals surface area contributed by atoms with Crippen LogP contribution in [0.3, 0.4) is 0 Å². The van der Waals surface area contributed by atoms with Gasteiger partial charge in [0.05, 0.1) is 17.5 Å². The number of hydrogen-bond acceptors (Lipinski definition) is 4. The molecule has 0 amide bonds. The van der Waals surface area contributed by atoms with Crippen LogP contribution in [0.25, 0.3) is 16.8 Å². The average Bonchev–Trinajstić information content (AvgIpc) is 2.96. The van der Waals surface area contributed by atoms with E-state index in [9.17, 15) is 4.79 Å². The van der Waals surface area contributed by atoms with Crippen LogP contribution in [0.2, 0.25) is 0 Å². The quantitative estimate of drug-likeness (QED) is 0.734. The van der Waals surface area contributed by atoms with Crippen molar-refractivity contribution >= 4 is 34.5 Å². The van der Waals surface area contributed by atoms with Gasteiger partial charge in [-0.05, 0) is 26.0 Å². The Kier molecular flexibility index (Phi) is 3.59. The highest BCUT2D eigenvalue weighted by Gasteiger charge is 2.18. The highest BCUT2D eigenvalue weighted by molar-refractivity contribution is 7.99. The number of carboxylic acids is 1. The van der Waals surface area contributed by atoms with Gasteiger partial charge in [0.1, 0.15) is 0 Å². The molecule has 3 aromatic rings. The molecule has 7 heteroatoms. The van der Waals surface area contributed by atoms with Gasteiger partial charge in [-0.1, -0.05) is 23.9 Å². The summed E-state index contributed by atoms with van der Waals surface area (Å²) in [5.41, 5.74) is 2.15. The van der Waals surface area contributed by atoms with Gasteiger partial charge in [0.25, 0.3) is 0 Å². The Balaban J connectivity index is 2.12. The minimum absolute atomic E-state index is 0.113. The second-order valence-electron chi connectivity index (χ2n) is 5.06. The van der Waals surface area contributed by atoms with Crippen LogP contribution in [0.15, 0.2) is 29.4 Å². The number of aromatic nitrogens is 4. The summed E-state index contributed by atoms with van der Waals surface area (Å²) in [6, 6.07) is 8.36. The van der Waals surface area contributed by atoms with E-state index in [1.807, 2.05) is 22.6 Å². The van der Waals surface area contributed by atoms with Gasteiger partial charge in [-0.25, -0.2) is 0 Å². The lowest BCUT2D eigenvalue weighted by atomic mass is 10.3. The maximum atomic E-state index is 10.6. The molecule has 0 aliphatic rings. The van der Waals surface area contributed by atoms with E-state index in [4.69, 9.17) is 5.11 Å². The van der Waals surface area contributed by atoms with Gasteiger partial charge in [0, 0.05) is 11.8 Å². The van der Waals surface area contributed by atoms with Gasteiger partial charge < -0.3 is 9.67 Å². The van der Waals surface area contributed by atoms with Crippen molar-refractivity contribution in [1.82, 2.24) is 19.2 Å². The fourth-order valence-electron chi connectivity index (χ4n) is 2.43. The normalized spacial score (nSPS) is 11.8. The second-order valence-corrected chi connectivity index (χ2v) is 6.12. The van der Waals surface area contributed by atoms with Crippen LogP contribution in [0.4, 0.5) is 0 Å². The monoisotopic (exact) mass is 304 g/mol. The predicted octanol–water partition coefficient (Wildman–Crippen LogP) is 2.83. The molecule has 0 saturated heterocycles. The van der Waals surface area contributed by atoms with Crippen LogP contribution in [0.1, 0.15) is 26.3 Å². The molecule has 0 fully saturated rings. The number of aliphatic carboxylic acids is 1. The maximum absolute atomic E-state index is 10.6. The van der Waals surface area contributed by atoms with Gasteiger partial charge in [0.2, 0.25) is 5.78 Å². The number of rotatable bonds is 5. The first kappa shape index (κ1) is 13.9. The first-order valence-corrected chi connectivity index (χ1v) is 7.77. The molecule has 0 unspecified atom stereocenters. The number of para-hydroxylation sites is 2. The average molecular weight is 304 g/mol. The Morgan fingerprint density at radius 1 is 1.29 bits per heavy atom. The van der Waals surface area contributed by atoms with E-state index >= 15 is 0 Å². The van der Waals surface area contributed by atoms with Crippen LogP contribution in [-0.4, -0.2) is 36.0 Å². The fourth-order valence-corrected chi connectivity index (χ4v) is 3.29. The number of carbonyl (C=O) groups is 1. The van der Waals surface area contributed by atoms with Gasteiger partial charge in [0.15, 0.2) is 5.16 Å². The standard InChI is InChI=1S/C14H16N4O2S/c1-9(2)17-10-5-3-4-6-11(10)18-13(17)15-16-14(18)21-8-7-12(19)20/h3-6,9H,7-8H2,1-2H3,(H,19,20). The Morgan fingerprint density at radius 3 is 2.67 bits per heavy atom. The summed E-state index contributed by atoms with van der Waals surface area (Å²) in [6.45, 7) is 4.22. The Bertz CT molecular complexity index is 806. The third-order valence-electron chi connectivity index (χ3n) is 3.28. The molecule has 3 rings (SSSR count). The predicted molar refractivity (Wildman–Crippen MR) is 81.8 cm³/mol. The molecule has 2 aromatic heterocycles. The third-order valence-corrected chi connectivity index (χ3v) is 4.21. The summed E-state index contributed by atoms with van der Waals surface area (Å²) >= 11 is 1.42. The Hall–Kier alpha value is -2.02. The maximum Gasteiger partial charge on any atom is 0.304 e. The van der Waals surface area contributed by atoms with E-state index in [1.165, 1.54) is 11.8 Å². The SMILES string of the molecule is CC(C)n1c2ccccc2n2c(SCCC(=O)O)nnc12. The summed E-state index contributed by atoms with van der Waals surface area (Å²) in [6.07, 6.45) is 0.113. The van der Waals surface area contributed by atoms with Gasteiger partial charge in [-0.3, -0.25) is 9.20 Å². The Morgan fingerprint density at radius 2 is 2.00 bits per heavy atom. The number of carboxylic acid groups (broad SMARTS) is 1. The van der Waals surface area contributed by atoms with Crippen molar-refractivity contribution in [1.29, 1.82) is 0 Å². The molecule has 6 nitrogen and oxygen atoms in total. The number of fused-ring (bicyclic) bond motifs is 3. The van der Waals surface area contributed by atoms with Gasteiger partial charge in [-0.2, -0.15) is 0 Å². The summed E-state index contributed by atoms with van der Waals surface area (Å²) in [5, 5.41) is 18.0. The van der Waals surface area contributed by atoms with Crippen LogP contribution >= 0.6 is 11.8 Å². The molecule has 0 atom stereocenters. The van der Waals surface area contributed by atoms with Crippen LogP contribution in [-0.2, 0) is 4.79 Å². The van der Waals surface area contributed by atoms with E-state index in [0.29, 0.717) is 5.75 Å². The number of nitrogens with zero attached hydrogens (tertiary/aromatic N) is 4. The van der Waals surface area contributed by atoms with Crippen LogP contribution in [0, 0.1) is 0 Å². The van der Waals surface area contributed by atoms with Crippen LogP contribution < -0.4 is 0 Å². The zero-order chi connectivity index (χ0) is 15.0. The number of hydrogen-bond donors (Lipinski definition) is 1. The van der Waals surface area contributed by atoms with E-state index in [2.05, 4.69) is 34.7 Å². The number of thioether (sulfide) groups is 1.